The number of nitrogens with zero attached hydrogens (tertiary/aromatic N) is 2. The summed E-state index contributed by atoms with van der Waals surface area (Å²) in [6.45, 7) is 0. The Morgan fingerprint density at radius 2 is 2.00 bits per heavy atom. The molecule has 2 N–H and O–H groups in total. The van der Waals surface area contributed by atoms with E-state index in [1.807, 2.05) is 18.2 Å². The van der Waals surface area contributed by atoms with E-state index in [0.717, 1.165) is 34.7 Å². The van der Waals surface area contributed by atoms with Gasteiger partial charge in [-0.05, 0) is 37.8 Å². The van der Waals surface area contributed by atoms with Crippen molar-refractivity contribution < 1.29 is 0 Å². The zero-order chi connectivity index (χ0) is 13.0. The number of rotatable bonds is 2. The van der Waals surface area contributed by atoms with Crippen LogP contribution in [0.25, 0.3) is 11.0 Å². The van der Waals surface area contributed by atoms with Crippen LogP contribution in [0.1, 0.15) is 50.4 Å². The van der Waals surface area contributed by atoms with Crippen molar-refractivity contribution in [3.63, 3.8) is 0 Å². The van der Waals surface area contributed by atoms with Crippen molar-refractivity contribution in [3.05, 3.63) is 29.0 Å². The number of para-hydroxylation sites is 1. The summed E-state index contributed by atoms with van der Waals surface area (Å²) in [5.41, 5.74) is 8.46. The number of imidazole rings is 1. The van der Waals surface area contributed by atoms with Crippen molar-refractivity contribution in [1.82, 2.24) is 9.55 Å². The van der Waals surface area contributed by atoms with Gasteiger partial charge in [-0.1, -0.05) is 30.5 Å². The second kappa shape index (κ2) is 3.97. The Hall–Kier alpha value is -1.06. The minimum Gasteiger partial charge on any atom is -0.322 e. The van der Waals surface area contributed by atoms with Crippen molar-refractivity contribution in [2.45, 2.75) is 50.1 Å². The first kappa shape index (κ1) is 11.7. The van der Waals surface area contributed by atoms with Crippen molar-refractivity contribution in [1.29, 1.82) is 0 Å². The van der Waals surface area contributed by atoms with Gasteiger partial charge in [0.2, 0.25) is 0 Å². The summed E-state index contributed by atoms with van der Waals surface area (Å²) < 4.78 is 2.34. The number of hydrogen-bond donors (Lipinski definition) is 1. The molecule has 3 nitrogen and oxygen atoms in total. The van der Waals surface area contributed by atoms with Crippen molar-refractivity contribution in [2.75, 3.05) is 0 Å². The summed E-state index contributed by atoms with van der Waals surface area (Å²) >= 11 is 6.40. The molecular weight excluding hydrogens is 258 g/mol. The van der Waals surface area contributed by atoms with Crippen LogP contribution < -0.4 is 5.73 Å². The van der Waals surface area contributed by atoms with Gasteiger partial charge >= 0.3 is 0 Å². The van der Waals surface area contributed by atoms with Crippen molar-refractivity contribution in [3.8, 4) is 0 Å². The van der Waals surface area contributed by atoms with E-state index in [1.54, 1.807) is 0 Å². The standard InChI is InChI=1S/C15H18ClN3/c16-11-4-3-5-12-13(11)19(10-6-7-10)14(18-12)15(17)8-1-2-9-15/h3-5,10H,1-2,6-9,17H2. The fraction of sp³-hybridized carbons (Fsp3) is 0.533. The van der Waals surface area contributed by atoms with Crippen LogP contribution in [-0.2, 0) is 5.54 Å². The summed E-state index contributed by atoms with van der Waals surface area (Å²) in [7, 11) is 0. The lowest BCUT2D eigenvalue weighted by Crippen LogP contribution is -2.36. The van der Waals surface area contributed by atoms with Crippen LogP contribution in [0.2, 0.25) is 5.02 Å². The molecule has 0 amide bonds. The summed E-state index contributed by atoms with van der Waals surface area (Å²) in [5.74, 6) is 1.07. The van der Waals surface area contributed by atoms with Gasteiger partial charge < -0.3 is 10.3 Å². The third-order valence-corrected chi connectivity index (χ3v) is 4.82. The lowest BCUT2D eigenvalue weighted by atomic mass is 9.98. The van der Waals surface area contributed by atoms with Crippen molar-refractivity contribution in [2.24, 2.45) is 5.73 Å². The van der Waals surface area contributed by atoms with Gasteiger partial charge in [0.25, 0.3) is 0 Å². The van der Waals surface area contributed by atoms with E-state index in [2.05, 4.69) is 4.57 Å². The first-order valence-electron chi connectivity index (χ1n) is 7.15. The highest BCUT2D eigenvalue weighted by Gasteiger charge is 2.40. The smallest absolute Gasteiger partial charge is 0.130 e. The molecule has 0 unspecified atom stereocenters. The molecule has 2 aromatic rings. The molecule has 4 rings (SSSR count). The summed E-state index contributed by atoms with van der Waals surface area (Å²) in [5, 5.41) is 0.796. The topological polar surface area (TPSA) is 43.8 Å². The molecule has 0 aliphatic heterocycles. The van der Waals surface area contributed by atoms with Gasteiger partial charge in [0, 0.05) is 6.04 Å². The van der Waals surface area contributed by atoms with Crippen LogP contribution in [-0.4, -0.2) is 9.55 Å². The Morgan fingerprint density at radius 1 is 1.26 bits per heavy atom. The summed E-state index contributed by atoms with van der Waals surface area (Å²) in [6.07, 6.45) is 6.94. The number of nitrogens with two attached hydrogens (primary N) is 1. The van der Waals surface area contributed by atoms with Crippen LogP contribution in [0, 0.1) is 0 Å². The van der Waals surface area contributed by atoms with Crippen LogP contribution in [0.4, 0.5) is 0 Å². The molecule has 1 aromatic heterocycles. The fourth-order valence-corrected chi connectivity index (χ4v) is 3.64. The molecule has 0 radical (unpaired) electrons. The van der Waals surface area contributed by atoms with E-state index >= 15 is 0 Å². The Labute approximate surface area is 117 Å². The first-order valence-corrected chi connectivity index (χ1v) is 7.53. The Kier molecular flexibility index (Phi) is 2.45. The predicted molar refractivity (Wildman–Crippen MR) is 77.3 cm³/mol. The van der Waals surface area contributed by atoms with E-state index in [1.165, 1.54) is 25.7 Å². The highest BCUT2D eigenvalue weighted by Crippen LogP contribution is 2.45. The highest BCUT2D eigenvalue weighted by molar-refractivity contribution is 6.35. The molecule has 0 atom stereocenters. The number of fused-ring (bicyclic) bond motifs is 1. The number of hydrogen-bond acceptors (Lipinski definition) is 2. The zero-order valence-corrected chi connectivity index (χ0v) is 11.7. The average Bonchev–Trinajstić information content (AvgIpc) is 3.00. The SMILES string of the molecule is NC1(c2nc3cccc(Cl)c3n2C2CC2)CCCC1. The Balaban J connectivity index is 1.99. The molecule has 19 heavy (non-hydrogen) atoms. The van der Waals surface area contributed by atoms with Gasteiger partial charge in [0.05, 0.1) is 21.6 Å². The van der Waals surface area contributed by atoms with Crippen molar-refractivity contribution >= 4 is 22.6 Å². The highest BCUT2D eigenvalue weighted by atomic mass is 35.5. The minimum absolute atomic E-state index is 0.245. The molecule has 2 saturated carbocycles. The summed E-state index contributed by atoms with van der Waals surface area (Å²) in [4.78, 5) is 4.84. The molecule has 100 valence electrons. The van der Waals surface area contributed by atoms with E-state index < -0.39 is 0 Å². The fourth-order valence-electron chi connectivity index (χ4n) is 3.38. The first-order chi connectivity index (χ1) is 9.19. The second-order valence-electron chi connectivity index (χ2n) is 6.01. The van der Waals surface area contributed by atoms with E-state index in [0.29, 0.717) is 6.04 Å². The summed E-state index contributed by atoms with van der Waals surface area (Å²) in [6, 6.07) is 6.52. The van der Waals surface area contributed by atoms with Crippen LogP contribution in [0.15, 0.2) is 18.2 Å². The molecule has 1 aromatic carbocycles. The van der Waals surface area contributed by atoms with E-state index in [-0.39, 0.29) is 5.54 Å². The maximum Gasteiger partial charge on any atom is 0.130 e. The normalized spacial score (nSPS) is 22.2. The van der Waals surface area contributed by atoms with E-state index in [4.69, 9.17) is 22.3 Å². The lowest BCUT2D eigenvalue weighted by molar-refractivity contribution is 0.411. The third kappa shape index (κ3) is 1.72. The van der Waals surface area contributed by atoms with Crippen LogP contribution in [0.5, 0.6) is 0 Å². The van der Waals surface area contributed by atoms with Gasteiger partial charge in [-0.15, -0.1) is 0 Å². The molecule has 2 aliphatic rings. The molecule has 2 fully saturated rings. The minimum atomic E-state index is -0.245. The van der Waals surface area contributed by atoms with Gasteiger partial charge in [-0.25, -0.2) is 4.98 Å². The monoisotopic (exact) mass is 275 g/mol. The average molecular weight is 276 g/mol. The largest absolute Gasteiger partial charge is 0.322 e. The molecular formula is C15H18ClN3. The maximum absolute atomic E-state index is 6.63. The molecule has 0 bridgehead atoms. The Morgan fingerprint density at radius 3 is 2.68 bits per heavy atom. The number of halogens is 1. The van der Waals surface area contributed by atoms with Crippen LogP contribution >= 0.6 is 11.6 Å². The molecule has 0 saturated heterocycles. The van der Waals surface area contributed by atoms with Gasteiger partial charge in [-0.3, -0.25) is 0 Å². The van der Waals surface area contributed by atoms with E-state index in [9.17, 15) is 0 Å². The van der Waals surface area contributed by atoms with Gasteiger partial charge in [0.15, 0.2) is 0 Å². The third-order valence-electron chi connectivity index (χ3n) is 4.51. The predicted octanol–water partition coefficient (Wildman–Crippen LogP) is 3.75. The molecule has 1 heterocycles. The van der Waals surface area contributed by atoms with Crippen LogP contribution in [0.3, 0.4) is 0 Å². The quantitative estimate of drug-likeness (QED) is 0.907. The number of benzene rings is 1. The lowest BCUT2D eigenvalue weighted by Gasteiger charge is -2.24. The zero-order valence-electron chi connectivity index (χ0n) is 10.9. The van der Waals surface area contributed by atoms with Gasteiger partial charge in [-0.2, -0.15) is 0 Å². The maximum atomic E-state index is 6.63. The Bertz CT molecular complexity index is 636. The van der Waals surface area contributed by atoms with Gasteiger partial charge in [0.1, 0.15) is 5.82 Å². The second-order valence-corrected chi connectivity index (χ2v) is 6.41. The number of aromatic nitrogens is 2. The molecule has 2 aliphatic carbocycles. The molecule has 4 heteroatoms. The molecule has 0 spiro atoms.